The third-order valence-corrected chi connectivity index (χ3v) is 2.21. The molecular weight excluding hydrogens is 236 g/mol. The summed E-state index contributed by atoms with van der Waals surface area (Å²) in [6, 6.07) is 0. The standard InChI is InChI=1S/C12H18N2O4/c1-8-6-13(5)11(17)14(10(8)16)7-9(15)18-12(2,3)4/h6H,7H2,1-5H3. The summed E-state index contributed by atoms with van der Waals surface area (Å²) in [7, 11) is 1.53. The van der Waals surface area contributed by atoms with Crippen LogP contribution in [-0.4, -0.2) is 20.7 Å². The number of ether oxygens (including phenoxy) is 1. The topological polar surface area (TPSA) is 70.3 Å². The van der Waals surface area contributed by atoms with Crippen LogP contribution in [-0.2, 0) is 23.1 Å². The maximum absolute atomic E-state index is 11.8. The van der Waals surface area contributed by atoms with Crippen molar-refractivity contribution in [2.75, 3.05) is 0 Å². The van der Waals surface area contributed by atoms with Gasteiger partial charge in [0.1, 0.15) is 12.1 Å². The zero-order chi connectivity index (χ0) is 14.1. The number of carbonyl (C=O) groups is 1. The number of carbonyl (C=O) groups excluding carboxylic acids is 1. The molecule has 6 nitrogen and oxygen atoms in total. The Hall–Kier alpha value is -1.85. The second-order valence-electron chi connectivity index (χ2n) is 5.18. The summed E-state index contributed by atoms with van der Waals surface area (Å²) < 4.78 is 7.23. The molecular formula is C12H18N2O4. The Morgan fingerprint density at radius 1 is 1.33 bits per heavy atom. The summed E-state index contributed by atoms with van der Waals surface area (Å²) in [5.74, 6) is -0.604. The van der Waals surface area contributed by atoms with Crippen LogP contribution in [0.4, 0.5) is 0 Å². The van der Waals surface area contributed by atoms with Crippen LogP contribution in [0.3, 0.4) is 0 Å². The Balaban J connectivity index is 3.10. The van der Waals surface area contributed by atoms with E-state index in [-0.39, 0.29) is 6.54 Å². The van der Waals surface area contributed by atoms with Crippen LogP contribution in [0.25, 0.3) is 0 Å². The SMILES string of the molecule is Cc1cn(C)c(=O)n(CC(=O)OC(C)(C)C)c1=O. The number of hydrogen-bond donors (Lipinski definition) is 0. The summed E-state index contributed by atoms with van der Waals surface area (Å²) in [4.78, 5) is 35.2. The lowest BCUT2D eigenvalue weighted by molar-refractivity contribution is -0.155. The lowest BCUT2D eigenvalue weighted by Crippen LogP contribution is -2.42. The number of rotatable bonds is 2. The molecule has 0 N–H and O–H groups in total. The molecule has 0 saturated heterocycles. The van der Waals surface area contributed by atoms with Gasteiger partial charge >= 0.3 is 11.7 Å². The maximum atomic E-state index is 11.8. The van der Waals surface area contributed by atoms with Crippen molar-refractivity contribution in [3.8, 4) is 0 Å². The zero-order valence-corrected chi connectivity index (χ0v) is 11.3. The minimum Gasteiger partial charge on any atom is -0.459 e. The van der Waals surface area contributed by atoms with E-state index < -0.39 is 22.8 Å². The molecule has 1 aromatic rings. The lowest BCUT2D eigenvalue weighted by atomic mass is 10.2. The minimum absolute atomic E-state index is 0.371. The monoisotopic (exact) mass is 254 g/mol. The lowest BCUT2D eigenvalue weighted by Gasteiger charge is -2.19. The fourth-order valence-electron chi connectivity index (χ4n) is 1.53. The number of aryl methyl sites for hydroxylation is 2. The van der Waals surface area contributed by atoms with Crippen molar-refractivity contribution in [3.63, 3.8) is 0 Å². The number of esters is 1. The van der Waals surface area contributed by atoms with E-state index in [1.807, 2.05) is 0 Å². The predicted molar refractivity (Wildman–Crippen MR) is 66.5 cm³/mol. The van der Waals surface area contributed by atoms with Crippen molar-refractivity contribution in [3.05, 3.63) is 32.6 Å². The molecule has 6 heteroatoms. The first-order valence-corrected chi connectivity index (χ1v) is 5.61. The zero-order valence-electron chi connectivity index (χ0n) is 11.3. The van der Waals surface area contributed by atoms with Crippen molar-refractivity contribution in [1.29, 1.82) is 0 Å². The Morgan fingerprint density at radius 3 is 2.39 bits per heavy atom. The van der Waals surface area contributed by atoms with Gasteiger partial charge < -0.3 is 9.30 Å². The van der Waals surface area contributed by atoms with Crippen LogP contribution >= 0.6 is 0 Å². The first kappa shape index (κ1) is 14.2. The van der Waals surface area contributed by atoms with Crippen molar-refractivity contribution in [2.24, 2.45) is 7.05 Å². The molecule has 0 unspecified atom stereocenters. The quantitative estimate of drug-likeness (QED) is 0.707. The van der Waals surface area contributed by atoms with Crippen molar-refractivity contribution in [2.45, 2.75) is 39.8 Å². The molecule has 0 aromatic carbocycles. The van der Waals surface area contributed by atoms with E-state index in [0.29, 0.717) is 5.56 Å². The highest BCUT2D eigenvalue weighted by Gasteiger charge is 2.18. The van der Waals surface area contributed by atoms with Crippen molar-refractivity contribution >= 4 is 5.97 Å². The molecule has 0 aliphatic carbocycles. The van der Waals surface area contributed by atoms with Gasteiger partial charge in [-0.25, -0.2) is 9.36 Å². The molecule has 0 bridgehead atoms. The molecule has 1 heterocycles. The van der Waals surface area contributed by atoms with Gasteiger partial charge in [-0.1, -0.05) is 0 Å². The predicted octanol–water partition coefficient (Wildman–Crippen LogP) is 0.197. The molecule has 0 atom stereocenters. The highest BCUT2D eigenvalue weighted by atomic mass is 16.6. The second-order valence-corrected chi connectivity index (χ2v) is 5.18. The average Bonchev–Trinajstić information content (AvgIpc) is 2.19. The van der Waals surface area contributed by atoms with Gasteiger partial charge in [-0.15, -0.1) is 0 Å². The molecule has 0 amide bonds. The normalized spacial score (nSPS) is 11.4. The highest BCUT2D eigenvalue weighted by molar-refractivity contribution is 5.69. The van der Waals surface area contributed by atoms with E-state index >= 15 is 0 Å². The smallest absolute Gasteiger partial charge is 0.331 e. The van der Waals surface area contributed by atoms with Crippen LogP contribution in [0, 0.1) is 6.92 Å². The van der Waals surface area contributed by atoms with E-state index in [9.17, 15) is 14.4 Å². The Labute approximate surface area is 105 Å². The van der Waals surface area contributed by atoms with E-state index in [4.69, 9.17) is 4.74 Å². The largest absolute Gasteiger partial charge is 0.459 e. The fourth-order valence-corrected chi connectivity index (χ4v) is 1.53. The summed E-state index contributed by atoms with van der Waals surface area (Å²) in [6.07, 6.45) is 1.44. The van der Waals surface area contributed by atoms with E-state index in [0.717, 1.165) is 4.57 Å². The first-order valence-electron chi connectivity index (χ1n) is 5.61. The third-order valence-electron chi connectivity index (χ3n) is 2.21. The van der Waals surface area contributed by atoms with Gasteiger partial charge in [0.25, 0.3) is 5.56 Å². The van der Waals surface area contributed by atoms with Crippen LogP contribution in [0.15, 0.2) is 15.8 Å². The first-order chi connectivity index (χ1) is 8.11. The van der Waals surface area contributed by atoms with Crippen LogP contribution in [0.5, 0.6) is 0 Å². The van der Waals surface area contributed by atoms with Crippen LogP contribution in [0.1, 0.15) is 26.3 Å². The van der Waals surface area contributed by atoms with Gasteiger partial charge in [-0.2, -0.15) is 0 Å². The summed E-state index contributed by atoms with van der Waals surface area (Å²) in [5.41, 5.74) is -1.24. The Bertz CT molecular complexity index is 541. The van der Waals surface area contributed by atoms with Gasteiger partial charge in [-0.05, 0) is 27.7 Å². The number of nitrogens with zero attached hydrogens (tertiary/aromatic N) is 2. The third kappa shape index (κ3) is 3.32. The van der Waals surface area contributed by atoms with Crippen LogP contribution < -0.4 is 11.2 Å². The maximum Gasteiger partial charge on any atom is 0.331 e. The van der Waals surface area contributed by atoms with E-state index in [1.165, 1.54) is 17.8 Å². The van der Waals surface area contributed by atoms with Crippen LogP contribution in [0.2, 0.25) is 0 Å². The van der Waals surface area contributed by atoms with Gasteiger partial charge in [0.2, 0.25) is 0 Å². The molecule has 0 aliphatic heterocycles. The fraction of sp³-hybridized carbons (Fsp3) is 0.583. The number of hydrogen-bond acceptors (Lipinski definition) is 4. The molecule has 0 radical (unpaired) electrons. The van der Waals surface area contributed by atoms with Crippen molar-refractivity contribution in [1.82, 2.24) is 9.13 Å². The second kappa shape index (κ2) is 4.80. The number of aromatic nitrogens is 2. The molecule has 100 valence electrons. The molecule has 18 heavy (non-hydrogen) atoms. The summed E-state index contributed by atoms with van der Waals surface area (Å²) in [6.45, 7) is 6.39. The average molecular weight is 254 g/mol. The summed E-state index contributed by atoms with van der Waals surface area (Å²) >= 11 is 0. The molecule has 1 rings (SSSR count). The molecule has 1 aromatic heterocycles. The Morgan fingerprint density at radius 2 is 1.89 bits per heavy atom. The summed E-state index contributed by atoms with van der Waals surface area (Å²) in [5, 5.41) is 0. The molecule has 0 fully saturated rings. The minimum atomic E-state index is -0.643. The van der Waals surface area contributed by atoms with E-state index in [1.54, 1.807) is 27.7 Å². The van der Waals surface area contributed by atoms with E-state index in [2.05, 4.69) is 0 Å². The van der Waals surface area contributed by atoms with Gasteiger partial charge in [0.05, 0.1) is 0 Å². The van der Waals surface area contributed by atoms with Crippen molar-refractivity contribution < 1.29 is 9.53 Å². The van der Waals surface area contributed by atoms with Gasteiger partial charge in [0.15, 0.2) is 0 Å². The molecule has 0 spiro atoms. The Kier molecular flexibility index (Phi) is 3.79. The van der Waals surface area contributed by atoms with Gasteiger partial charge in [-0.3, -0.25) is 9.59 Å². The highest BCUT2D eigenvalue weighted by Crippen LogP contribution is 2.06. The molecule has 0 aliphatic rings. The molecule has 0 saturated carbocycles. The van der Waals surface area contributed by atoms with Gasteiger partial charge in [0, 0.05) is 18.8 Å².